The lowest BCUT2D eigenvalue weighted by Crippen LogP contribution is -2.29. The van der Waals surface area contributed by atoms with Crippen LogP contribution in [0.5, 0.6) is 0 Å². The van der Waals surface area contributed by atoms with Gasteiger partial charge in [0.1, 0.15) is 5.82 Å². The van der Waals surface area contributed by atoms with E-state index in [0.29, 0.717) is 17.8 Å². The number of fused-ring (bicyclic) bond motifs is 1. The molecule has 0 amide bonds. The SMILES string of the molecule is CC(C)C(CN(C)C)n1c(CCl)nc2ccc(Br)cc21. The number of hydrogen-bond donors (Lipinski definition) is 0. The molecule has 0 spiro atoms. The minimum Gasteiger partial charge on any atom is -0.322 e. The molecule has 3 nitrogen and oxygen atoms in total. The molecule has 1 aromatic carbocycles. The quantitative estimate of drug-likeness (QED) is 0.743. The van der Waals surface area contributed by atoms with Crippen molar-refractivity contribution in [1.29, 1.82) is 0 Å². The third-order valence-corrected chi connectivity index (χ3v) is 4.23. The van der Waals surface area contributed by atoms with Gasteiger partial charge in [-0.1, -0.05) is 29.8 Å². The third kappa shape index (κ3) is 3.18. The summed E-state index contributed by atoms with van der Waals surface area (Å²) in [5.74, 6) is 1.89. The van der Waals surface area contributed by atoms with Crippen LogP contribution in [0.25, 0.3) is 11.0 Å². The van der Waals surface area contributed by atoms with Gasteiger partial charge < -0.3 is 9.47 Å². The predicted molar refractivity (Wildman–Crippen MR) is 89.4 cm³/mol. The van der Waals surface area contributed by atoms with E-state index in [9.17, 15) is 0 Å². The number of likely N-dealkylation sites (N-methyl/N-ethyl adjacent to an activating group) is 1. The van der Waals surface area contributed by atoms with Crippen molar-refractivity contribution in [2.24, 2.45) is 5.92 Å². The minimum absolute atomic E-state index is 0.359. The molecule has 2 aromatic rings. The molecular formula is C15H21BrClN3. The standard InChI is InChI=1S/C15H21BrClN3/c1-10(2)14(9-19(3)4)20-13-7-11(16)5-6-12(13)18-15(20)8-17/h5-7,10,14H,8-9H2,1-4H3. The van der Waals surface area contributed by atoms with Gasteiger partial charge in [0.2, 0.25) is 0 Å². The van der Waals surface area contributed by atoms with Crippen molar-refractivity contribution in [3.63, 3.8) is 0 Å². The highest BCUT2D eigenvalue weighted by atomic mass is 79.9. The van der Waals surface area contributed by atoms with Crippen LogP contribution in [0, 0.1) is 5.92 Å². The Bertz CT molecular complexity index is 592. The van der Waals surface area contributed by atoms with Gasteiger partial charge in [0.25, 0.3) is 0 Å². The number of alkyl halides is 1. The third-order valence-electron chi connectivity index (χ3n) is 3.50. The monoisotopic (exact) mass is 357 g/mol. The van der Waals surface area contributed by atoms with Crippen LogP contribution >= 0.6 is 27.5 Å². The molecule has 1 heterocycles. The first kappa shape index (κ1) is 15.8. The predicted octanol–water partition coefficient (Wildman–Crippen LogP) is 4.30. The van der Waals surface area contributed by atoms with Gasteiger partial charge in [0.05, 0.1) is 23.0 Å². The Morgan fingerprint density at radius 3 is 2.60 bits per heavy atom. The Balaban J connectivity index is 2.61. The molecule has 0 fully saturated rings. The number of nitrogens with zero attached hydrogens (tertiary/aromatic N) is 3. The lowest BCUT2D eigenvalue weighted by molar-refractivity contribution is 0.270. The summed E-state index contributed by atoms with van der Waals surface area (Å²) in [5.41, 5.74) is 2.16. The first-order chi connectivity index (χ1) is 9.43. The highest BCUT2D eigenvalue weighted by Crippen LogP contribution is 2.29. The van der Waals surface area contributed by atoms with Crippen LogP contribution in [-0.4, -0.2) is 35.1 Å². The molecule has 0 radical (unpaired) electrons. The van der Waals surface area contributed by atoms with Crippen molar-refractivity contribution >= 4 is 38.6 Å². The van der Waals surface area contributed by atoms with E-state index in [1.165, 1.54) is 0 Å². The molecule has 1 unspecified atom stereocenters. The van der Waals surface area contributed by atoms with E-state index in [-0.39, 0.29) is 0 Å². The maximum Gasteiger partial charge on any atom is 0.125 e. The van der Waals surface area contributed by atoms with Gasteiger partial charge in [0.15, 0.2) is 0 Å². The number of imidazole rings is 1. The summed E-state index contributed by atoms with van der Waals surface area (Å²) in [5, 5.41) is 0. The van der Waals surface area contributed by atoms with Crippen molar-refractivity contribution < 1.29 is 0 Å². The molecule has 20 heavy (non-hydrogen) atoms. The molecule has 0 N–H and O–H groups in total. The lowest BCUT2D eigenvalue weighted by Gasteiger charge is -2.28. The average molecular weight is 359 g/mol. The smallest absolute Gasteiger partial charge is 0.125 e. The van der Waals surface area contributed by atoms with Gasteiger partial charge >= 0.3 is 0 Å². The topological polar surface area (TPSA) is 21.1 Å². The maximum atomic E-state index is 6.12. The summed E-state index contributed by atoms with van der Waals surface area (Å²) >= 11 is 9.67. The molecule has 0 bridgehead atoms. The summed E-state index contributed by atoms with van der Waals surface area (Å²) in [6.07, 6.45) is 0. The van der Waals surface area contributed by atoms with E-state index in [1.54, 1.807) is 0 Å². The Hall–Kier alpha value is -0.580. The molecule has 0 aliphatic heterocycles. The number of halogens is 2. The first-order valence-corrected chi connectivity index (χ1v) is 8.13. The number of hydrogen-bond acceptors (Lipinski definition) is 2. The van der Waals surface area contributed by atoms with E-state index in [0.717, 1.165) is 27.9 Å². The second kappa shape index (κ2) is 6.46. The fourth-order valence-corrected chi connectivity index (χ4v) is 3.08. The Labute approximate surface area is 134 Å². The van der Waals surface area contributed by atoms with Crippen molar-refractivity contribution in [1.82, 2.24) is 14.5 Å². The van der Waals surface area contributed by atoms with Crippen molar-refractivity contribution in [2.45, 2.75) is 25.8 Å². The normalized spacial score (nSPS) is 13.6. The van der Waals surface area contributed by atoms with E-state index in [1.807, 2.05) is 12.1 Å². The van der Waals surface area contributed by atoms with Crippen LogP contribution < -0.4 is 0 Å². The van der Waals surface area contributed by atoms with Crippen LogP contribution in [0.4, 0.5) is 0 Å². The molecule has 0 saturated carbocycles. The number of aromatic nitrogens is 2. The van der Waals surface area contributed by atoms with Gasteiger partial charge in [0, 0.05) is 11.0 Å². The summed E-state index contributed by atoms with van der Waals surface area (Å²) in [4.78, 5) is 6.89. The van der Waals surface area contributed by atoms with Crippen molar-refractivity contribution in [3.05, 3.63) is 28.5 Å². The fraction of sp³-hybridized carbons (Fsp3) is 0.533. The summed E-state index contributed by atoms with van der Waals surface area (Å²) in [7, 11) is 4.20. The van der Waals surface area contributed by atoms with Crippen LogP contribution in [0.15, 0.2) is 22.7 Å². The van der Waals surface area contributed by atoms with Crippen LogP contribution in [-0.2, 0) is 5.88 Å². The minimum atomic E-state index is 0.359. The van der Waals surface area contributed by atoms with Gasteiger partial charge in [-0.3, -0.25) is 0 Å². The van der Waals surface area contributed by atoms with Gasteiger partial charge in [-0.25, -0.2) is 4.98 Å². The fourth-order valence-electron chi connectivity index (χ4n) is 2.55. The summed E-state index contributed by atoms with van der Waals surface area (Å²) < 4.78 is 3.37. The molecule has 1 aromatic heterocycles. The Kier molecular flexibility index (Phi) is 5.10. The zero-order chi connectivity index (χ0) is 14.9. The average Bonchev–Trinajstić information content (AvgIpc) is 2.73. The second-order valence-electron chi connectivity index (χ2n) is 5.74. The molecule has 2 rings (SSSR count). The van der Waals surface area contributed by atoms with E-state index < -0.39 is 0 Å². The first-order valence-electron chi connectivity index (χ1n) is 6.81. The largest absolute Gasteiger partial charge is 0.322 e. The van der Waals surface area contributed by atoms with Gasteiger partial charge in [-0.2, -0.15) is 0 Å². The van der Waals surface area contributed by atoms with E-state index in [4.69, 9.17) is 11.6 Å². The number of rotatable bonds is 5. The summed E-state index contributed by atoms with van der Waals surface area (Å²) in [6.45, 7) is 5.46. The summed E-state index contributed by atoms with van der Waals surface area (Å²) in [6, 6.07) is 6.55. The van der Waals surface area contributed by atoms with Crippen LogP contribution in [0.1, 0.15) is 25.7 Å². The molecular weight excluding hydrogens is 338 g/mol. The molecule has 0 aliphatic carbocycles. The second-order valence-corrected chi connectivity index (χ2v) is 6.92. The maximum absolute atomic E-state index is 6.12. The van der Waals surface area contributed by atoms with Crippen molar-refractivity contribution in [2.75, 3.05) is 20.6 Å². The van der Waals surface area contributed by atoms with Crippen LogP contribution in [0.3, 0.4) is 0 Å². The van der Waals surface area contributed by atoms with E-state index >= 15 is 0 Å². The molecule has 1 atom stereocenters. The number of benzene rings is 1. The van der Waals surface area contributed by atoms with E-state index in [2.05, 4.69) is 64.4 Å². The van der Waals surface area contributed by atoms with Gasteiger partial charge in [-0.15, -0.1) is 11.6 Å². The Morgan fingerprint density at radius 2 is 2.05 bits per heavy atom. The van der Waals surface area contributed by atoms with Crippen molar-refractivity contribution in [3.8, 4) is 0 Å². The molecule has 110 valence electrons. The molecule has 0 saturated heterocycles. The zero-order valence-corrected chi connectivity index (χ0v) is 14.7. The van der Waals surface area contributed by atoms with Gasteiger partial charge in [-0.05, 0) is 38.2 Å². The molecule has 0 aliphatic rings. The lowest BCUT2D eigenvalue weighted by atomic mass is 10.0. The highest BCUT2D eigenvalue weighted by molar-refractivity contribution is 9.10. The highest BCUT2D eigenvalue weighted by Gasteiger charge is 2.22. The zero-order valence-electron chi connectivity index (χ0n) is 12.4. The van der Waals surface area contributed by atoms with Crippen LogP contribution in [0.2, 0.25) is 0 Å². The Morgan fingerprint density at radius 1 is 1.35 bits per heavy atom. The molecule has 5 heteroatoms.